The maximum absolute atomic E-state index is 5.96. The summed E-state index contributed by atoms with van der Waals surface area (Å²) in [4.78, 5) is 0. The number of ether oxygens (including phenoxy) is 2. The van der Waals surface area contributed by atoms with Gasteiger partial charge in [-0.15, -0.1) is 0 Å². The van der Waals surface area contributed by atoms with E-state index in [0.29, 0.717) is 13.2 Å². The number of hydrogen-bond donors (Lipinski definition) is 0. The van der Waals surface area contributed by atoms with Crippen molar-refractivity contribution in [3.8, 4) is 0 Å². The van der Waals surface area contributed by atoms with Crippen molar-refractivity contribution >= 4 is 32.2 Å². The molecule has 4 nitrogen and oxygen atoms in total. The van der Waals surface area contributed by atoms with Crippen LogP contribution in [0.1, 0.15) is 26.7 Å². The summed E-state index contributed by atoms with van der Waals surface area (Å²) >= 11 is -0.528. The van der Waals surface area contributed by atoms with Crippen LogP contribution in [0.3, 0.4) is 0 Å². The topological polar surface area (TPSA) is 36.9 Å². The van der Waals surface area contributed by atoms with Crippen LogP contribution < -0.4 is 0 Å². The van der Waals surface area contributed by atoms with Crippen molar-refractivity contribution in [2.45, 2.75) is 61.5 Å². The van der Waals surface area contributed by atoms with Crippen LogP contribution >= 0.6 is 0 Å². The van der Waals surface area contributed by atoms with Gasteiger partial charge in [-0.1, -0.05) is 0 Å². The molecule has 2 unspecified atom stereocenters. The second-order valence-electron chi connectivity index (χ2n) is 4.70. The number of rotatable bonds is 8. The van der Waals surface area contributed by atoms with Crippen molar-refractivity contribution in [1.29, 1.82) is 0 Å². The van der Waals surface area contributed by atoms with E-state index in [1.165, 1.54) is 23.3 Å². The van der Waals surface area contributed by atoms with Crippen molar-refractivity contribution in [3.63, 3.8) is 0 Å². The first kappa shape index (κ1) is 15.3. The number of fused-ring (bicyclic) bond motifs is 1. The molecule has 2 heterocycles. The van der Waals surface area contributed by atoms with Gasteiger partial charge in [0.25, 0.3) is 0 Å². The van der Waals surface area contributed by atoms with E-state index < -0.39 is 0 Å². The molecule has 0 aromatic rings. The summed E-state index contributed by atoms with van der Waals surface area (Å²) in [7, 11) is 0. The Morgan fingerprint density at radius 3 is 1.72 bits per heavy atom. The molecule has 0 aromatic carbocycles. The molecule has 0 amide bonds. The summed E-state index contributed by atoms with van der Waals surface area (Å²) in [6.45, 7) is 5.79. The molecule has 6 atom stereocenters. The van der Waals surface area contributed by atoms with Crippen LogP contribution in [0.5, 0.6) is 0 Å². The molecule has 2 aliphatic heterocycles. The van der Waals surface area contributed by atoms with Gasteiger partial charge in [-0.2, -0.15) is 0 Å². The fourth-order valence-electron chi connectivity index (χ4n) is 2.17. The quantitative estimate of drug-likeness (QED) is 0.462. The first-order chi connectivity index (χ1) is 8.86. The fraction of sp³-hybridized carbons (Fsp3) is 1.00. The monoisotopic (exact) mass is 382 g/mol. The van der Waals surface area contributed by atoms with Crippen LogP contribution in [0.25, 0.3) is 0 Å². The zero-order valence-corrected chi connectivity index (χ0v) is 15.4. The van der Waals surface area contributed by atoms with E-state index in [9.17, 15) is 0 Å². The van der Waals surface area contributed by atoms with Crippen LogP contribution in [0, 0.1) is 0 Å². The molecular formula is C12H24As2O4. The summed E-state index contributed by atoms with van der Waals surface area (Å²) in [5.74, 6) is 0. The third-order valence-corrected chi connectivity index (χ3v) is 8.06. The molecule has 0 aliphatic carbocycles. The molecule has 2 rings (SSSR count). The Labute approximate surface area is 124 Å². The van der Waals surface area contributed by atoms with Crippen molar-refractivity contribution < 1.29 is 16.9 Å². The molecule has 6 heteroatoms. The molecule has 0 aromatic heterocycles. The summed E-state index contributed by atoms with van der Waals surface area (Å²) in [6.07, 6.45) is 3.03. The molecule has 2 aliphatic rings. The minimum absolute atomic E-state index is 0.129. The first-order valence-corrected chi connectivity index (χ1v) is 11.5. The van der Waals surface area contributed by atoms with Crippen LogP contribution in [0.2, 0.25) is 10.4 Å². The molecule has 0 N–H and O–H groups in total. The summed E-state index contributed by atoms with van der Waals surface area (Å²) in [5, 5.41) is 2.47. The average Bonchev–Trinajstić information content (AvgIpc) is 2.94. The predicted molar refractivity (Wildman–Crippen MR) is 73.7 cm³/mol. The van der Waals surface area contributed by atoms with Gasteiger partial charge in [0.15, 0.2) is 0 Å². The Kier molecular flexibility index (Phi) is 7.07. The van der Waals surface area contributed by atoms with E-state index >= 15 is 0 Å². The van der Waals surface area contributed by atoms with Crippen LogP contribution in [0.4, 0.5) is 0 Å². The summed E-state index contributed by atoms with van der Waals surface area (Å²) in [6, 6.07) is 0. The molecule has 0 spiro atoms. The van der Waals surface area contributed by atoms with Crippen LogP contribution in [-0.2, 0) is 16.9 Å². The van der Waals surface area contributed by atoms with Crippen molar-refractivity contribution in [2.75, 3.05) is 13.2 Å². The maximum atomic E-state index is 5.96. The first-order valence-electron chi connectivity index (χ1n) is 6.87. The number of hydrogen-bond acceptors (Lipinski definition) is 4. The van der Waals surface area contributed by atoms with Crippen LogP contribution in [-0.4, -0.2) is 69.8 Å². The molecular weight excluding hydrogens is 358 g/mol. The zero-order chi connectivity index (χ0) is 12.8. The Balaban J connectivity index is 1.72. The fourth-order valence-corrected chi connectivity index (χ4v) is 5.26. The molecule has 2 saturated heterocycles. The SMILES string of the molecule is CCC[AsH]O[C@@H]1CO[C@H]2[C@H]1OC[C@H]2O[AsH]CCC. The molecule has 2 fully saturated rings. The molecule has 0 bridgehead atoms. The minimum atomic E-state index is -0.264. The van der Waals surface area contributed by atoms with E-state index in [1.807, 2.05) is 0 Å². The summed E-state index contributed by atoms with van der Waals surface area (Å²) < 4.78 is 23.6. The van der Waals surface area contributed by atoms with Crippen molar-refractivity contribution in [1.82, 2.24) is 0 Å². The van der Waals surface area contributed by atoms with Crippen molar-refractivity contribution in [2.24, 2.45) is 0 Å². The van der Waals surface area contributed by atoms with Gasteiger partial charge in [-0.3, -0.25) is 0 Å². The van der Waals surface area contributed by atoms with Gasteiger partial charge in [0.1, 0.15) is 0 Å². The van der Waals surface area contributed by atoms with E-state index in [2.05, 4.69) is 13.8 Å². The zero-order valence-electron chi connectivity index (χ0n) is 11.2. The van der Waals surface area contributed by atoms with Gasteiger partial charge in [0, 0.05) is 0 Å². The normalized spacial score (nSPS) is 36.3. The summed E-state index contributed by atoms with van der Waals surface area (Å²) in [5.41, 5.74) is 0. The van der Waals surface area contributed by atoms with Crippen LogP contribution in [0.15, 0.2) is 0 Å². The Morgan fingerprint density at radius 2 is 1.33 bits per heavy atom. The van der Waals surface area contributed by atoms with Crippen molar-refractivity contribution in [3.05, 3.63) is 0 Å². The van der Waals surface area contributed by atoms with Gasteiger partial charge < -0.3 is 0 Å². The third-order valence-electron chi connectivity index (χ3n) is 3.14. The second kappa shape index (κ2) is 8.29. The van der Waals surface area contributed by atoms with Gasteiger partial charge >= 0.3 is 124 Å². The Hall–Kier alpha value is 0.957. The standard InChI is InChI=1S/C12H24As2O4/c1-3-5-13-17-9-7-15-12-10(8-16-11(9)12)18-14-6-4-2/h9-14H,3-8H2,1-2H3/t9-,10-,11-,12+/m1/s1. The van der Waals surface area contributed by atoms with E-state index in [0.717, 1.165) is 0 Å². The molecule has 18 heavy (non-hydrogen) atoms. The average molecular weight is 382 g/mol. The van der Waals surface area contributed by atoms with Gasteiger partial charge in [-0.25, -0.2) is 0 Å². The van der Waals surface area contributed by atoms with E-state index in [1.54, 1.807) is 0 Å². The van der Waals surface area contributed by atoms with E-state index in [-0.39, 0.29) is 56.6 Å². The van der Waals surface area contributed by atoms with E-state index in [4.69, 9.17) is 16.9 Å². The van der Waals surface area contributed by atoms with Gasteiger partial charge in [0.2, 0.25) is 0 Å². The Bertz CT molecular complexity index is 218. The Morgan fingerprint density at radius 1 is 0.889 bits per heavy atom. The molecule has 0 radical (unpaired) electrons. The third kappa shape index (κ3) is 3.98. The molecule has 0 saturated carbocycles. The van der Waals surface area contributed by atoms with Gasteiger partial charge in [-0.05, 0) is 0 Å². The molecule has 106 valence electrons. The predicted octanol–water partition coefficient (Wildman–Crippen LogP) is 0.914. The van der Waals surface area contributed by atoms with Gasteiger partial charge in [0.05, 0.1) is 0 Å². The second-order valence-corrected chi connectivity index (χ2v) is 9.00.